The Morgan fingerprint density at radius 2 is 1.73 bits per heavy atom. The third kappa shape index (κ3) is 4.48. The molecule has 10 heteroatoms. The number of nitrogens with one attached hydrogen (secondary N) is 1. The minimum absolute atomic E-state index is 0.165. The van der Waals surface area contributed by atoms with Gasteiger partial charge in [0.1, 0.15) is 12.1 Å². The van der Waals surface area contributed by atoms with Crippen LogP contribution in [0.25, 0.3) is 17.1 Å². The number of rotatable bonds is 4. The summed E-state index contributed by atoms with van der Waals surface area (Å²) in [5.74, 6) is 0.157. The summed E-state index contributed by atoms with van der Waals surface area (Å²) < 4.78 is 41.8. The molecule has 0 aliphatic heterocycles. The smallest absolute Gasteiger partial charge is 0.406 e. The Bertz CT molecular complexity index is 907. The van der Waals surface area contributed by atoms with Gasteiger partial charge < -0.3 is 15.8 Å². The highest BCUT2D eigenvalue weighted by molar-refractivity contribution is 7.80. The van der Waals surface area contributed by atoms with Gasteiger partial charge in [-0.15, -0.1) is 18.3 Å². The zero-order chi connectivity index (χ0) is 18.7. The molecular weight excluding hydrogens is 367 g/mol. The molecule has 2 aromatic carbocycles. The van der Waals surface area contributed by atoms with Crippen molar-refractivity contribution in [3.63, 3.8) is 0 Å². The number of nitrogens with zero attached hydrogens (tertiary/aromatic N) is 3. The topological polar surface area (TPSA) is 78.0 Å². The summed E-state index contributed by atoms with van der Waals surface area (Å²) in [6.45, 7) is 0. The van der Waals surface area contributed by atoms with Crippen LogP contribution in [0.15, 0.2) is 54.9 Å². The quantitative estimate of drug-likeness (QED) is 0.676. The maximum Gasteiger partial charge on any atom is 0.573 e. The van der Waals surface area contributed by atoms with Crippen LogP contribution < -0.4 is 15.8 Å². The number of thiocarbonyl (C=S) groups is 1. The Morgan fingerprint density at radius 1 is 1.08 bits per heavy atom. The summed E-state index contributed by atoms with van der Waals surface area (Å²) in [5.41, 5.74) is 7.45. The van der Waals surface area contributed by atoms with E-state index in [1.807, 2.05) is 0 Å². The Morgan fingerprint density at radius 3 is 2.31 bits per heavy atom. The molecule has 0 aliphatic carbocycles. The largest absolute Gasteiger partial charge is 0.573 e. The van der Waals surface area contributed by atoms with Gasteiger partial charge in [-0.05, 0) is 60.7 Å². The van der Waals surface area contributed by atoms with E-state index in [4.69, 9.17) is 18.0 Å². The molecule has 0 radical (unpaired) electrons. The minimum atomic E-state index is -4.73. The maximum absolute atomic E-state index is 12.2. The van der Waals surface area contributed by atoms with Crippen LogP contribution in [0, 0.1) is 0 Å². The number of aromatic nitrogens is 3. The van der Waals surface area contributed by atoms with Crippen LogP contribution in [0.1, 0.15) is 0 Å². The molecule has 0 fully saturated rings. The van der Waals surface area contributed by atoms with Crippen molar-refractivity contribution in [2.24, 2.45) is 5.73 Å². The van der Waals surface area contributed by atoms with Crippen molar-refractivity contribution < 1.29 is 17.9 Å². The van der Waals surface area contributed by atoms with Gasteiger partial charge in [0, 0.05) is 11.3 Å². The van der Waals surface area contributed by atoms with Crippen molar-refractivity contribution in [3.8, 4) is 22.8 Å². The van der Waals surface area contributed by atoms with E-state index in [-0.39, 0.29) is 10.9 Å². The Hall–Kier alpha value is -3.14. The second-order valence-electron chi connectivity index (χ2n) is 5.12. The van der Waals surface area contributed by atoms with Crippen LogP contribution in [0.2, 0.25) is 0 Å². The summed E-state index contributed by atoms with van der Waals surface area (Å²) in [5, 5.41) is 7.29. The average molecular weight is 379 g/mol. The molecule has 3 rings (SSSR count). The number of hydrogen-bond donors (Lipinski definition) is 2. The lowest BCUT2D eigenvalue weighted by Gasteiger charge is -2.09. The first-order chi connectivity index (χ1) is 12.3. The molecule has 0 saturated carbocycles. The maximum atomic E-state index is 12.2. The molecule has 0 saturated heterocycles. The van der Waals surface area contributed by atoms with Crippen LogP contribution in [0.4, 0.5) is 18.9 Å². The molecule has 26 heavy (non-hydrogen) atoms. The van der Waals surface area contributed by atoms with Gasteiger partial charge >= 0.3 is 6.36 Å². The minimum Gasteiger partial charge on any atom is -0.406 e. The lowest BCUT2D eigenvalue weighted by Crippen LogP contribution is -2.18. The Kier molecular flexibility index (Phi) is 4.76. The monoisotopic (exact) mass is 379 g/mol. The van der Waals surface area contributed by atoms with Crippen molar-refractivity contribution in [2.75, 3.05) is 5.32 Å². The fraction of sp³-hybridized carbons (Fsp3) is 0.0625. The van der Waals surface area contributed by atoms with Crippen LogP contribution in [0.5, 0.6) is 5.75 Å². The van der Waals surface area contributed by atoms with Crippen molar-refractivity contribution >= 4 is 23.0 Å². The van der Waals surface area contributed by atoms with E-state index in [1.54, 1.807) is 24.3 Å². The van der Waals surface area contributed by atoms with Crippen molar-refractivity contribution in [1.82, 2.24) is 14.8 Å². The van der Waals surface area contributed by atoms with E-state index in [0.717, 1.165) is 11.3 Å². The Balaban J connectivity index is 1.76. The van der Waals surface area contributed by atoms with Crippen molar-refractivity contribution in [3.05, 3.63) is 54.9 Å². The summed E-state index contributed by atoms with van der Waals surface area (Å²) in [7, 11) is 0. The molecule has 6 nitrogen and oxygen atoms in total. The number of hydrogen-bond acceptors (Lipinski definition) is 4. The third-order valence-corrected chi connectivity index (χ3v) is 3.34. The zero-order valence-corrected chi connectivity index (χ0v) is 13.9. The van der Waals surface area contributed by atoms with E-state index in [9.17, 15) is 13.2 Å². The third-order valence-electron chi connectivity index (χ3n) is 3.24. The zero-order valence-electron chi connectivity index (χ0n) is 13.1. The van der Waals surface area contributed by atoms with Gasteiger partial charge in [0.2, 0.25) is 0 Å². The highest BCUT2D eigenvalue weighted by Crippen LogP contribution is 2.24. The first-order valence-electron chi connectivity index (χ1n) is 7.25. The Labute approximate surface area is 151 Å². The molecule has 1 aromatic heterocycles. The highest BCUT2D eigenvalue weighted by atomic mass is 32.1. The number of alkyl halides is 3. The number of halogens is 3. The molecule has 0 aliphatic rings. The van der Waals surface area contributed by atoms with E-state index in [1.165, 1.54) is 35.3 Å². The second-order valence-corrected chi connectivity index (χ2v) is 5.56. The number of nitrogens with two attached hydrogens (primary N) is 1. The average Bonchev–Trinajstić information content (AvgIpc) is 3.04. The van der Waals surface area contributed by atoms with Gasteiger partial charge in [0.25, 0.3) is 0 Å². The van der Waals surface area contributed by atoms with Gasteiger partial charge in [-0.1, -0.05) is 0 Å². The van der Waals surface area contributed by atoms with Crippen LogP contribution in [-0.2, 0) is 0 Å². The molecule has 0 unspecified atom stereocenters. The summed E-state index contributed by atoms with van der Waals surface area (Å²) >= 11 is 4.77. The normalized spacial score (nSPS) is 11.2. The number of anilines is 1. The van der Waals surface area contributed by atoms with Crippen LogP contribution >= 0.6 is 12.2 Å². The second kappa shape index (κ2) is 7.00. The standard InChI is InChI=1S/C16H12F3N5OS/c17-16(18,19)25-13-7-5-12(6-8-13)24-9-21-14(23-24)10-1-3-11(4-2-10)22-15(20)26/h1-9H,(H3,20,22,26). The van der Waals surface area contributed by atoms with Gasteiger partial charge in [0.15, 0.2) is 10.9 Å². The SMILES string of the molecule is NC(=S)Nc1ccc(-c2ncn(-c3ccc(OC(F)(F)F)cc3)n2)cc1. The molecule has 1 heterocycles. The lowest BCUT2D eigenvalue weighted by molar-refractivity contribution is -0.274. The van der Waals surface area contributed by atoms with Crippen molar-refractivity contribution in [2.45, 2.75) is 6.36 Å². The highest BCUT2D eigenvalue weighted by Gasteiger charge is 2.30. The van der Waals surface area contributed by atoms with E-state index < -0.39 is 6.36 Å². The van der Waals surface area contributed by atoms with Gasteiger partial charge in [-0.3, -0.25) is 0 Å². The van der Waals surface area contributed by atoms with E-state index in [0.29, 0.717) is 11.5 Å². The van der Waals surface area contributed by atoms with E-state index in [2.05, 4.69) is 20.1 Å². The van der Waals surface area contributed by atoms with Crippen LogP contribution in [0.3, 0.4) is 0 Å². The molecule has 0 amide bonds. The van der Waals surface area contributed by atoms with Crippen LogP contribution in [-0.4, -0.2) is 26.2 Å². The fourth-order valence-electron chi connectivity index (χ4n) is 2.17. The molecular formula is C16H12F3N5OS. The summed E-state index contributed by atoms with van der Waals surface area (Å²) in [4.78, 5) is 4.20. The molecule has 3 aromatic rings. The number of benzene rings is 2. The van der Waals surface area contributed by atoms with E-state index >= 15 is 0 Å². The molecule has 134 valence electrons. The number of ether oxygens (including phenoxy) is 1. The summed E-state index contributed by atoms with van der Waals surface area (Å²) in [6.07, 6.45) is -3.26. The molecule has 0 bridgehead atoms. The lowest BCUT2D eigenvalue weighted by atomic mass is 10.2. The first-order valence-corrected chi connectivity index (χ1v) is 7.66. The summed E-state index contributed by atoms with van der Waals surface area (Å²) in [6, 6.07) is 12.5. The van der Waals surface area contributed by atoms with Gasteiger partial charge in [-0.25, -0.2) is 9.67 Å². The first kappa shape index (κ1) is 17.7. The van der Waals surface area contributed by atoms with Crippen molar-refractivity contribution in [1.29, 1.82) is 0 Å². The molecule has 0 spiro atoms. The fourth-order valence-corrected chi connectivity index (χ4v) is 2.28. The molecule has 3 N–H and O–H groups in total. The predicted molar refractivity (Wildman–Crippen MR) is 93.9 cm³/mol. The van der Waals surface area contributed by atoms with Gasteiger partial charge in [-0.2, -0.15) is 0 Å². The predicted octanol–water partition coefficient (Wildman–Crippen LogP) is 3.49. The molecule has 0 atom stereocenters. The van der Waals surface area contributed by atoms with Gasteiger partial charge in [0.05, 0.1) is 5.69 Å².